The zero-order valence-corrected chi connectivity index (χ0v) is 11.1. The number of oxazole rings is 1. The average Bonchev–Trinajstić information content (AvgIpc) is 2.62. The van der Waals surface area contributed by atoms with E-state index >= 15 is 0 Å². The van der Waals surface area contributed by atoms with Gasteiger partial charge in [-0.25, -0.2) is 9.37 Å². The molecule has 0 N–H and O–H groups in total. The fourth-order valence-corrected chi connectivity index (χ4v) is 1.89. The van der Waals surface area contributed by atoms with Crippen molar-refractivity contribution in [2.75, 3.05) is 0 Å². The van der Waals surface area contributed by atoms with Crippen molar-refractivity contribution in [1.82, 2.24) is 4.98 Å². The van der Waals surface area contributed by atoms with Crippen molar-refractivity contribution >= 4 is 11.1 Å². The highest BCUT2D eigenvalue weighted by Crippen LogP contribution is 2.25. The van der Waals surface area contributed by atoms with Crippen LogP contribution in [0.1, 0.15) is 30.7 Å². The number of aryl methyl sites for hydroxylation is 1. The molecular weight excluding hydrogens is 241 g/mol. The van der Waals surface area contributed by atoms with Crippen molar-refractivity contribution in [3.05, 3.63) is 66.2 Å². The van der Waals surface area contributed by atoms with Gasteiger partial charge in [-0.3, -0.25) is 0 Å². The molecule has 19 heavy (non-hydrogen) atoms. The van der Waals surface area contributed by atoms with Crippen LogP contribution in [0.5, 0.6) is 0 Å². The van der Waals surface area contributed by atoms with E-state index in [4.69, 9.17) is 4.42 Å². The summed E-state index contributed by atoms with van der Waals surface area (Å²) in [6.07, 6.45) is 10.6. The minimum absolute atomic E-state index is 0.169. The van der Waals surface area contributed by atoms with Crippen LogP contribution in [0, 0.1) is 6.92 Å². The monoisotopic (exact) mass is 257 g/mol. The Hall–Kier alpha value is -2.16. The molecule has 0 spiro atoms. The van der Waals surface area contributed by atoms with Gasteiger partial charge in [-0.1, -0.05) is 30.9 Å². The van der Waals surface area contributed by atoms with Gasteiger partial charge in [-0.05, 0) is 31.6 Å². The van der Waals surface area contributed by atoms with Gasteiger partial charge in [-0.15, -0.1) is 0 Å². The first kappa shape index (κ1) is 13.3. The SMILES string of the molecule is C=C/C=C(\C)c1nc(C2=CC=C(F)CC=C2)oc1C. The summed E-state index contributed by atoms with van der Waals surface area (Å²) in [6.45, 7) is 7.48. The molecule has 1 aromatic heterocycles. The lowest BCUT2D eigenvalue weighted by Gasteiger charge is -1.93. The Morgan fingerprint density at radius 3 is 3.00 bits per heavy atom. The second-order valence-electron chi connectivity index (χ2n) is 4.35. The molecule has 1 heterocycles. The largest absolute Gasteiger partial charge is 0.441 e. The Labute approximate surface area is 112 Å². The third-order valence-corrected chi connectivity index (χ3v) is 2.84. The molecule has 0 saturated carbocycles. The molecule has 1 aliphatic rings. The lowest BCUT2D eigenvalue weighted by molar-refractivity contribution is 0.513. The molecule has 98 valence electrons. The Morgan fingerprint density at radius 2 is 2.26 bits per heavy atom. The van der Waals surface area contributed by atoms with Gasteiger partial charge in [-0.2, -0.15) is 0 Å². The third-order valence-electron chi connectivity index (χ3n) is 2.84. The van der Waals surface area contributed by atoms with Crippen LogP contribution in [-0.2, 0) is 0 Å². The van der Waals surface area contributed by atoms with E-state index in [1.807, 2.05) is 26.0 Å². The summed E-state index contributed by atoms with van der Waals surface area (Å²) in [5.41, 5.74) is 2.56. The van der Waals surface area contributed by atoms with Crippen LogP contribution in [0.3, 0.4) is 0 Å². The van der Waals surface area contributed by atoms with Crippen LogP contribution >= 0.6 is 0 Å². The minimum Gasteiger partial charge on any atom is -0.441 e. The minimum atomic E-state index is -0.169. The molecule has 2 nitrogen and oxygen atoms in total. The molecule has 3 heteroatoms. The molecule has 0 saturated heterocycles. The van der Waals surface area contributed by atoms with Crippen molar-refractivity contribution in [1.29, 1.82) is 0 Å². The smallest absolute Gasteiger partial charge is 0.226 e. The Morgan fingerprint density at radius 1 is 1.47 bits per heavy atom. The number of aromatic nitrogens is 1. The standard InChI is InChI=1S/C16H16FNO/c1-4-6-11(2)15-12(3)19-16(18-15)13-7-5-8-14(17)10-9-13/h4-7,9-10H,1,8H2,2-3H3/b11-6+. The van der Waals surface area contributed by atoms with Crippen LogP contribution in [0.2, 0.25) is 0 Å². The van der Waals surface area contributed by atoms with Crippen LogP contribution < -0.4 is 0 Å². The normalized spacial score (nSPS) is 15.8. The molecule has 0 bridgehead atoms. The molecule has 0 unspecified atom stereocenters. The maximum atomic E-state index is 13.1. The van der Waals surface area contributed by atoms with Crippen LogP contribution in [0.4, 0.5) is 4.39 Å². The van der Waals surface area contributed by atoms with E-state index in [9.17, 15) is 4.39 Å². The van der Waals surface area contributed by atoms with Crippen molar-refractivity contribution in [2.45, 2.75) is 20.3 Å². The molecule has 0 amide bonds. The van der Waals surface area contributed by atoms with E-state index < -0.39 is 0 Å². The number of halogens is 1. The number of nitrogens with zero attached hydrogens (tertiary/aromatic N) is 1. The molecule has 0 fully saturated rings. The maximum absolute atomic E-state index is 13.1. The summed E-state index contributed by atoms with van der Waals surface area (Å²) in [7, 11) is 0. The molecule has 2 rings (SSSR count). The van der Waals surface area contributed by atoms with E-state index in [1.54, 1.807) is 18.2 Å². The fraction of sp³-hybridized carbons (Fsp3) is 0.188. The highest BCUT2D eigenvalue weighted by atomic mass is 19.1. The maximum Gasteiger partial charge on any atom is 0.226 e. The third kappa shape index (κ3) is 2.99. The molecule has 0 aliphatic heterocycles. The molecule has 0 radical (unpaired) electrons. The first-order valence-electron chi connectivity index (χ1n) is 6.12. The highest BCUT2D eigenvalue weighted by molar-refractivity contribution is 5.73. The summed E-state index contributed by atoms with van der Waals surface area (Å²) < 4.78 is 18.8. The van der Waals surface area contributed by atoms with Gasteiger partial charge in [0.15, 0.2) is 0 Å². The number of rotatable bonds is 3. The van der Waals surface area contributed by atoms with Gasteiger partial charge in [0.2, 0.25) is 5.89 Å². The van der Waals surface area contributed by atoms with Gasteiger partial charge in [0.1, 0.15) is 17.3 Å². The van der Waals surface area contributed by atoms with Crippen molar-refractivity contribution < 1.29 is 8.81 Å². The lowest BCUT2D eigenvalue weighted by atomic mass is 10.2. The Bertz CT molecular complexity index is 615. The second kappa shape index (κ2) is 5.65. The molecule has 0 atom stereocenters. The van der Waals surface area contributed by atoms with Crippen LogP contribution in [0.25, 0.3) is 11.1 Å². The lowest BCUT2D eigenvalue weighted by Crippen LogP contribution is -1.84. The van der Waals surface area contributed by atoms with E-state index in [0.29, 0.717) is 12.3 Å². The first-order chi connectivity index (χ1) is 9.11. The van der Waals surface area contributed by atoms with Gasteiger partial charge in [0, 0.05) is 12.0 Å². The summed E-state index contributed by atoms with van der Waals surface area (Å²) in [5, 5.41) is 0. The summed E-state index contributed by atoms with van der Waals surface area (Å²) in [6, 6.07) is 0. The van der Waals surface area contributed by atoms with Gasteiger partial charge >= 0.3 is 0 Å². The van der Waals surface area contributed by atoms with Gasteiger partial charge < -0.3 is 4.42 Å². The van der Waals surface area contributed by atoms with E-state index in [0.717, 1.165) is 22.6 Å². The Balaban J connectivity index is 2.40. The van der Waals surface area contributed by atoms with Crippen molar-refractivity contribution in [2.24, 2.45) is 0 Å². The fourth-order valence-electron chi connectivity index (χ4n) is 1.89. The molecule has 1 aliphatic carbocycles. The second-order valence-corrected chi connectivity index (χ2v) is 4.35. The van der Waals surface area contributed by atoms with Gasteiger partial charge in [0.05, 0.1) is 0 Å². The van der Waals surface area contributed by atoms with E-state index in [1.165, 1.54) is 6.08 Å². The number of hydrogen-bond acceptors (Lipinski definition) is 2. The molecular formula is C16H16FNO. The first-order valence-corrected chi connectivity index (χ1v) is 6.12. The molecule has 1 aromatic rings. The zero-order valence-electron chi connectivity index (χ0n) is 11.1. The summed E-state index contributed by atoms with van der Waals surface area (Å²) in [5.74, 6) is 1.08. The van der Waals surface area contributed by atoms with Crippen LogP contribution in [0.15, 0.2) is 53.3 Å². The Kier molecular flexibility index (Phi) is 3.95. The number of hydrogen-bond donors (Lipinski definition) is 0. The predicted octanol–water partition coefficient (Wildman–Crippen LogP) is 4.77. The van der Waals surface area contributed by atoms with E-state index in [-0.39, 0.29) is 5.83 Å². The average molecular weight is 257 g/mol. The summed E-state index contributed by atoms with van der Waals surface area (Å²) >= 11 is 0. The predicted molar refractivity (Wildman–Crippen MR) is 76.0 cm³/mol. The topological polar surface area (TPSA) is 26.0 Å². The van der Waals surface area contributed by atoms with Crippen molar-refractivity contribution in [3.63, 3.8) is 0 Å². The van der Waals surface area contributed by atoms with Gasteiger partial charge in [0.25, 0.3) is 0 Å². The summed E-state index contributed by atoms with van der Waals surface area (Å²) in [4.78, 5) is 4.46. The highest BCUT2D eigenvalue weighted by Gasteiger charge is 2.13. The molecule has 0 aromatic carbocycles. The van der Waals surface area contributed by atoms with Crippen LogP contribution in [-0.4, -0.2) is 4.98 Å². The quantitative estimate of drug-likeness (QED) is 0.729. The zero-order chi connectivity index (χ0) is 13.8. The number of allylic oxidation sites excluding steroid dienone is 9. The van der Waals surface area contributed by atoms with Crippen molar-refractivity contribution in [3.8, 4) is 0 Å². The van der Waals surface area contributed by atoms with E-state index in [2.05, 4.69) is 11.6 Å².